The molecule has 11 heteroatoms. The van der Waals surface area contributed by atoms with Gasteiger partial charge in [0.1, 0.15) is 18.3 Å². The fourth-order valence-corrected chi connectivity index (χ4v) is 6.87. The Morgan fingerprint density at radius 2 is 1.55 bits per heavy atom. The monoisotopic (exact) mass is 623 g/mol. The van der Waals surface area contributed by atoms with Gasteiger partial charge in [0.25, 0.3) is 10.0 Å². The van der Waals surface area contributed by atoms with E-state index >= 15 is 0 Å². The van der Waals surface area contributed by atoms with Crippen LogP contribution in [0.3, 0.4) is 0 Å². The number of ether oxygens (including phenoxy) is 3. The van der Waals surface area contributed by atoms with Crippen LogP contribution in [0.2, 0.25) is 0 Å². The van der Waals surface area contributed by atoms with E-state index in [1.54, 1.807) is 49.6 Å². The number of hydrogen-bond acceptors (Lipinski definition) is 7. The topological polar surface area (TPSA) is 114 Å². The van der Waals surface area contributed by atoms with Gasteiger partial charge in [-0.1, -0.05) is 50.1 Å². The second-order valence-corrected chi connectivity index (χ2v) is 12.5. The normalized spacial score (nSPS) is 14.0. The molecule has 1 saturated carbocycles. The van der Waals surface area contributed by atoms with Crippen molar-refractivity contribution in [2.45, 2.75) is 62.6 Å². The Morgan fingerprint density at radius 1 is 0.886 bits per heavy atom. The molecule has 0 saturated heterocycles. The molecule has 236 valence electrons. The maximum Gasteiger partial charge on any atom is 0.264 e. The lowest BCUT2D eigenvalue weighted by molar-refractivity contribution is -0.140. The molecule has 0 unspecified atom stereocenters. The SMILES string of the molecule is CC[C@H](C(=O)NC1CCCC1)N(Cc1ccc(OC)cc1)C(=O)CN(c1ccc(OC)c(OC)c1)S(=O)(=O)c1ccccc1. The largest absolute Gasteiger partial charge is 0.497 e. The first-order valence-electron chi connectivity index (χ1n) is 14.7. The molecule has 3 aromatic rings. The molecule has 10 nitrogen and oxygen atoms in total. The summed E-state index contributed by atoms with van der Waals surface area (Å²) >= 11 is 0. The molecule has 44 heavy (non-hydrogen) atoms. The zero-order valence-electron chi connectivity index (χ0n) is 25.7. The molecular formula is C33H41N3O7S. The Balaban J connectivity index is 1.74. The van der Waals surface area contributed by atoms with E-state index in [1.807, 2.05) is 19.1 Å². The summed E-state index contributed by atoms with van der Waals surface area (Å²) < 4.78 is 45.3. The van der Waals surface area contributed by atoms with Crippen molar-refractivity contribution in [3.63, 3.8) is 0 Å². The third kappa shape index (κ3) is 7.63. The number of rotatable bonds is 14. The minimum atomic E-state index is -4.21. The van der Waals surface area contributed by atoms with Crippen LogP contribution in [0.1, 0.15) is 44.6 Å². The maximum atomic E-state index is 14.3. The number of sulfonamides is 1. The van der Waals surface area contributed by atoms with Crippen LogP contribution < -0.4 is 23.8 Å². The van der Waals surface area contributed by atoms with E-state index in [0.717, 1.165) is 35.6 Å². The first kappa shape index (κ1) is 32.7. The average Bonchev–Trinajstić information content (AvgIpc) is 3.56. The van der Waals surface area contributed by atoms with Crippen molar-refractivity contribution in [2.24, 2.45) is 0 Å². The number of hydrogen-bond donors (Lipinski definition) is 1. The van der Waals surface area contributed by atoms with Crippen molar-refractivity contribution < 1.29 is 32.2 Å². The summed E-state index contributed by atoms with van der Waals surface area (Å²) in [6.07, 6.45) is 4.25. The predicted molar refractivity (Wildman–Crippen MR) is 169 cm³/mol. The fraction of sp³-hybridized carbons (Fsp3) is 0.394. The molecular weight excluding hydrogens is 582 g/mol. The Bertz CT molecular complexity index is 1510. The molecule has 4 rings (SSSR count). The van der Waals surface area contributed by atoms with E-state index < -0.39 is 28.5 Å². The molecule has 0 aliphatic heterocycles. The van der Waals surface area contributed by atoms with Gasteiger partial charge < -0.3 is 24.4 Å². The number of carbonyl (C=O) groups is 2. The first-order valence-corrected chi connectivity index (χ1v) is 16.2. The Labute approximate surface area is 260 Å². The number of carbonyl (C=O) groups excluding carboxylic acids is 2. The van der Waals surface area contributed by atoms with Crippen molar-refractivity contribution in [3.05, 3.63) is 78.4 Å². The van der Waals surface area contributed by atoms with Gasteiger partial charge in [-0.05, 0) is 61.2 Å². The smallest absolute Gasteiger partial charge is 0.264 e. The van der Waals surface area contributed by atoms with Crippen molar-refractivity contribution in [1.29, 1.82) is 0 Å². The van der Waals surface area contributed by atoms with Crippen molar-refractivity contribution >= 4 is 27.5 Å². The lowest BCUT2D eigenvalue weighted by Crippen LogP contribution is -2.53. The lowest BCUT2D eigenvalue weighted by Gasteiger charge is -2.34. The third-order valence-electron chi connectivity index (χ3n) is 7.86. The van der Waals surface area contributed by atoms with Crippen LogP contribution in [0.25, 0.3) is 0 Å². The number of amides is 2. The summed E-state index contributed by atoms with van der Waals surface area (Å²) in [6, 6.07) is 19.1. The number of anilines is 1. The summed E-state index contributed by atoms with van der Waals surface area (Å²) in [5.74, 6) is 0.609. The molecule has 1 fully saturated rings. The molecule has 0 radical (unpaired) electrons. The minimum Gasteiger partial charge on any atom is -0.497 e. The molecule has 0 aromatic heterocycles. The molecule has 0 spiro atoms. The van der Waals surface area contributed by atoms with Crippen LogP contribution in [-0.4, -0.2) is 65.1 Å². The molecule has 0 bridgehead atoms. The molecule has 3 aromatic carbocycles. The zero-order chi connectivity index (χ0) is 31.7. The Kier molecular flexibility index (Phi) is 11.1. The van der Waals surface area contributed by atoms with Crippen LogP contribution in [0.15, 0.2) is 77.7 Å². The number of nitrogens with zero attached hydrogens (tertiary/aromatic N) is 2. The third-order valence-corrected chi connectivity index (χ3v) is 9.65. The maximum absolute atomic E-state index is 14.3. The summed E-state index contributed by atoms with van der Waals surface area (Å²) in [5, 5.41) is 3.12. The highest BCUT2D eigenvalue weighted by Gasteiger charge is 2.35. The second-order valence-electron chi connectivity index (χ2n) is 10.6. The Morgan fingerprint density at radius 3 is 2.14 bits per heavy atom. The van der Waals surface area contributed by atoms with E-state index in [0.29, 0.717) is 23.7 Å². The highest BCUT2D eigenvalue weighted by atomic mass is 32.2. The van der Waals surface area contributed by atoms with E-state index in [4.69, 9.17) is 14.2 Å². The van der Waals surface area contributed by atoms with Gasteiger partial charge in [-0.2, -0.15) is 0 Å². The fourth-order valence-electron chi connectivity index (χ4n) is 5.44. The standard InChI is InChI=1S/C33H41N3O7S/c1-5-29(33(38)34-25-11-9-10-12-25)35(22-24-15-18-27(41-2)19-16-24)32(37)23-36(44(39,40)28-13-7-6-8-14-28)26-17-20-30(42-3)31(21-26)43-4/h6-8,13-21,25,29H,5,9-12,22-23H2,1-4H3,(H,34,38)/t29-/m1/s1. The van der Waals surface area contributed by atoms with Gasteiger partial charge in [-0.3, -0.25) is 13.9 Å². The molecule has 1 N–H and O–H groups in total. The van der Waals surface area contributed by atoms with Gasteiger partial charge in [0.15, 0.2) is 11.5 Å². The van der Waals surface area contributed by atoms with Crippen LogP contribution in [0, 0.1) is 0 Å². The van der Waals surface area contributed by atoms with Gasteiger partial charge >= 0.3 is 0 Å². The summed E-state index contributed by atoms with van der Waals surface area (Å²) in [7, 11) is 0.299. The number of benzene rings is 3. The van der Waals surface area contributed by atoms with E-state index in [1.165, 1.54) is 37.3 Å². The van der Waals surface area contributed by atoms with E-state index in [-0.39, 0.29) is 29.1 Å². The van der Waals surface area contributed by atoms with Gasteiger partial charge in [-0.25, -0.2) is 8.42 Å². The van der Waals surface area contributed by atoms with Gasteiger partial charge in [0, 0.05) is 18.7 Å². The highest BCUT2D eigenvalue weighted by Crippen LogP contribution is 2.34. The minimum absolute atomic E-state index is 0.0234. The van der Waals surface area contributed by atoms with Crippen molar-refractivity contribution in [2.75, 3.05) is 32.2 Å². The average molecular weight is 624 g/mol. The van der Waals surface area contributed by atoms with Gasteiger partial charge in [0.05, 0.1) is 31.9 Å². The molecule has 0 heterocycles. The van der Waals surface area contributed by atoms with Crippen molar-refractivity contribution in [3.8, 4) is 17.2 Å². The predicted octanol–water partition coefficient (Wildman–Crippen LogP) is 4.77. The summed E-state index contributed by atoms with van der Waals surface area (Å²) in [5.41, 5.74) is 0.988. The molecule has 1 aliphatic carbocycles. The molecule has 1 atom stereocenters. The lowest BCUT2D eigenvalue weighted by atomic mass is 10.1. The first-order chi connectivity index (χ1) is 21.2. The number of nitrogens with one attached hydrogen (secondary N) is 1. The molecule has 2 amide bonds. The number of methoxy groups -OCH3 is 3. The van der Waals surface area contributed by atoms with E-state index in [9.17, 15) is 18.0 Å². The van der Waals surface area contributed by atoms with Crippen molar-refractivity contribution in [1.82, 2.24) is 10.2 Å². The second kappa shape index (κ2) is 15.0. The Hall–Kier alpha value is -4.25. The van der Waals surface area contributed by atoms with Gasteiger partial charge in [-0.15, -0.1) is 0 Å². The summed E-state index contributed by atoms with van der Waals surface area (Å²) in [4.78, 5) is 29.4. The van der Waals surface area contributed by atoms with Crippen LogP contribution in [0.5, 0.6) is 17.2 Å². The highest BCUT2D eigenvalue weighted by molar-refractivity contribution is 7.92. The van der Waals surface area contributed by atoms with Crippen LogP contribution in [0.4, 0.5) is 5.69 Å². The van der Waals surface area contributed by atoms with Crippen LogP contribution >= 0.6 is 0 Å². The quantitative estimate of drug-likeness (QED) is 0.275. The van der Waals surface area contributed by atoms with E-state index in [2.05, 4.69) is 5.32 Å². The van der Waals surface area contributed by atoms with Gasteiger partial charge in [0.2, 0.25) is 11.8 Å². The summed E-state index contributed by atoms with van der Waals surface area (Å²) in [6.45, 7) is 1.40. The zero-order valence-corrected chi connectivity index (χ0v) is 26.5. The molecule has 1 aliphatic rings. The van der Waals surface area contributed by atoms with Crippen LogP contribution in [-0.2, 0) is 26.2 Å².